The molecule has 0 saturated carbocycles. The predicted molar refractivity (Wildman–Crippen MR) is 71.7 cm³/mol. The molecule has 0 unspecified atom stereocenters. The van der Waals surface area contributed by atoms with Crippen LogP contribution < -0.4 is 9.47 Å². The van der Waals surface area contributed by atoms with Crippen molar-refractivity contribution in [3.05, 3.63) is 9.75 Å². The molecule has 1 aromatic rings. The third-order valence-corrected chi connectivity index (χ3v) is 4.23. The first-order valence-electron chi connectivity index (χ1n) is 6.12. The lowest BCUT2D eigenvalue weighted by Gasteiger charge is -2.27. The molecule has 0 aromatic carbocycles. The Labute approximate surface area is 119 Å². The molecule has 6 nitrogen and oxygen atoms in total. The minimum absolute atomic E-state index is 0.0234. The van der Waals surface area contributed by atoms with E-state index in [1.807, 2.05) is 13.8 Å². The van der Waals surface area contributed by atoms with Gasteiger partial charge in [-0.3, -0.25) is 9.59 Å². The molecule has 1 aliphatic rings. The summed E-state index contributed by atoms with van der Waals surface area (Å²) >= 11 is 1.54. The Hall–Kier alpha value is -1.76. The molecule has 110 valence electrons. The summed E-state index contributed by atoms with van der Waals surface area (Å²) < 4.78 is 11.4. The molecule has 0 amide bonds. The van der Waals surface area contributed by atoms with E-state index in [0.717, 1.165) is 9.75 Å². The number of rotatable bonds is 4. The second-order valence-electron chi connectivity index (χ2n) is 5.09. The summed E-state index contributed by atoms with van der Waals surface area (Å²) in [6.45, 7) is 3.83. The maximum absolute atomic E-state index is 11.0. The van der Waals surface area contributed by atoms with Gasteiger partial charge >= 0.3 is 11.9 Å². The fourth-order valence-corrected chi connectivity index (χ4v) is 3.32. The molecule has 0 radical (unpaired) electrons. The van der Waals surface area contributed by atoms with Gasteiger partial charge in [-0.2, -0.15) is 0 Å². The van der Waals surface area contributed by atoms with Crippen molar-refractivity contribution >= 4 is 23.3 Å². The summed E-state index contributed by atoms with van der Waals surface area (Å²) in [5, 5.41) is 18.0. The van der Waals surface area contributed by atoms with E-state index in [2.05, 4.69) is 0 Å². The van der Waals surface area contributed by atoms with Crippen LogP contribution in [0.25, 0.3) is 0 Å². The van der Waals surface area contributed by atoms with Gasteiger partial charge in [0.1, 0.15) is 0 Å². The molecular formula is C13H16O6S. The first kappa shape index (κ1) is 14.6. The van der Waals surface area contributed by atoms with Crippen LogP contribution in [0.5, 0.6) is 11.5 Å². The normalized spacial score (nSPS) is 16.5. The van der Waals surface area contributed by atoms with Gasteiger partial charge in [0, 0.05) is 9.75 Å². The molecule has 1 aliphatic heterocycles. The van der Waals surface area contributed by atoms with Crippen LogP contribution in [0.15, 0.2) is 0 Å². The molecule has 20 heavy (non-hydrogen) atoms. The summed E-state index contributed by atoms with van der Waals surface area (Å²) in [5.74, 6) is -0.914. The van der Waals surface area contributed by atoms with Crippen molar-refractivity contribution < 1.29 is 29.3 Å². The lowest BCUT2D eigenvalue weighted by atomic mass is 9.82. The highest BCUT2D eigenvalue weighted by Gasteiger charge is 2.40. The number of carboxylic acid groups (broad SMARTS) is 2. The number of hydrogen-bond acceptors (Lipinski definition) is 5. The molecule has 0 saturated heterocycles. The average molecular weight is 300 g/mol. The Kier molecular flexibility index (Phi) is 3.89. The largest absolute Gasteiger partial charge is 0.488 e. The van der Waals surface area contributed by atoms with Crippen molar-refractivity contribution in [1.29, 1.82) is 0 Å². The van der Waals surface area contributed by atoms with E-state index in [1.54, 1.807) is 0 Å². The standard InChI is InChI=1S/C13H16O6S/c1-7-11-12(8(2)20-7)19-6-13(5-18-11,3-9(14)15)4-10(16)17/h3-6H2,1-2H3,(H,14,15)(H,16,17). The molecule has 1 aromatic heterocycles. The highest BCUT2D eigenvalue weighted by Crippen LogP contribution is 2.45. The zero-order valence-electron chi connectivity index (χ0n) is 11.3. The summed E-state index contributed by atoms with van der Waals surface area (Å²) in [4.78, 5) is 23.9. The van der Waals surface area contributed by atoms with Gasteiger partial charge in [-0.15, -0.1) is 11.3 Å². The van der Waals surface area contributed by atoms with Gasteiger partial charge in [0.15, 0.2) is 11.5 Å². The second kappa shape index (κ2) is 5.32. The van der Waals surface area contributed by atoms with Crippen LogP contribution in [0.1, 0.15) is 22.6 Å². The number of aryl methyl sites for hydroxylation is 2. The molecule has 0 spiro atoms. The summed E-state index contributed by atoms with van der Waals surface area (Å²) in [6.07, 6.45) is -0.601. The van der Waals surface area contributed by atoms with E-state index in [1.165, 1.54) is 11.3 Å². The van der Waals surface area contributed by atoms with Crippen molar-refractivity contribution in [2.45, 2.75) is 26.7 Å². The van der Waals surface area contributed by atoms with Crippen molar-refractivity contribution in [2.75, 3.05) is 13.2 Å². The maximum atomic E-state index is 11.0. The number of carboxylic acids is 2. The van der Waals surface area contributed by atoms with Gasteiger partial charge in [-0.25, -0.2) is 0 Å². The number of aliphatic carboxylic acids is 2. The Morgan fingerprint density at radius 1 is 1.05 bits per heavy atom. The minimum atomic E-state index is -1.06. The second-order valence-corrected chi connectivity index (χ2v) is 6.52. The zero-order valence-corrected chi connectivity index (χ0v) is 12.1. The van der Waals surface area contributed by atoms with Crippen LogP contribution in [0.2, 0.25) is 0 Å². The lowest BCUT2D eigenvalue weighted by molar-refractivity contribution is -0.145. The molecule has 0 aliphatic carbocycles. The van der Waals surface area contributed by atoms with Crippen LogP contribution in [0, 0.1) is 19.3 Å². The Balaban J connectivity index is 2.28. The highest BCUT2D eigenvalue weighted by molar-refractivity contribution is 7.12. The average Bonchev–Trinajstić information content (AvgIpc) is 2.46. The van der Waals surface area contributed by atoms with Gasteiger partial charge in [0.2, 0.25) is 0 Å². The van der Waals surface area contributed by atoms with Crippen LogP contribution in [-0.2, 0) is 9.59 Å². The van der Waals surface area contributed by atoms with E-state index in [-0.39, 0.29) is 26.1 Å². The van der Waals surface area contributed by atoms with Crippen molar-refractivity contribution in [1.82, 2.24) is 0 Å². The van der Waals surface area contributed by atoms with E-state index in [4.69, 9.17) is 19.7 Å². The van der Waals surface area contributed by atoms with E-state index < -0.39 is 17.4 Å². The first-order chi connectivity index (χ1) is 9.33. The predicted octanol–water partition coefficient (Wildman–Crippen LogP) is 2.07. The van der Waals surface area contributed by atoms with Crippen LogP contribution in [-0.4, -0.2) is 35.4 Å². The molecule has 0 fully saturated rings. The first-order valence-corrected chi connectivity index (χ1v) is 6.94. The molecule has 7 heteroatoms. The van der Waals surface area contributed by atoms with Gasteiger partial charge in [0.25, 0.3) is 0 Å². The number of hydrogen-bond donors (Lipinski definition) is 2. The monoisotopic (exact) mass is 300 g/mol. The lowest BCUT2D eigenvalue weighted by Crippen LogP contribution is -2.38. The van der Waals surface area contributed by atoms with Gasteiger partial charge in [0.05, 0.1) is 31.5 Å². The number of fused-ring (bicyclic) bond motifs is 1. The number of carbonyl (C=O) groups is 2. The van der Waals surface area contributed by atoms with E-state index in [9.17, 15) is 9.59 Å². The Bertz CT molecular complexity index is 501. The highest BCUT2D eigenvalue weighted by atomic mass is 32.1. The minimum Gasteiger partial charge on any atom is -0.488 e. The van der Waals surface area contributed by atoms with Gasteiger partial charge < -0.3 is 19.7 Å². The van der Waals surface area contributed by atoms with Crippen molar-refractivity contribution in [2.24, 2.45) is 5.41 Å². The summed E-state index contributed by atoms with van der Waals surface area (Å²) in [6, 6.07) is 0. The third-order valence-electron chi connectivity index (χ3n) is 3.25. The van der Waals surface area contributed by atoms with Crippen LogP contribution >= 0.6 is 11.3 Å². The fraction of sp³-hybridized carbons (Fsp3) is 0.538. The summed E-state index contributed by atoms with van der Waals surface area (Å²) in [5.41, 5.74) is -1.05. The van der Waals surface area contributed by atoms with Crippen LogP contribution in [0.4, 0.5) is 0 Å². The van der Waals surface area contributed by atoms with Gasteiger partial charge in [-0.1, -0.05) is 0 Å². The quantitative estimate of drug-likeness (QED) is 0.884. The maximum Gasteiger partial charge on any atom is 0.304 e. The van der Waals surface area contributed by atoms with Crippen molar-refractivity contribution in [3.8, 4) is 11.5 Å². The molecule has 2 rings (SSSR count). The topological polar surface area (TPSA) is 93.1 Å². The van der Waals surface area contributed by atoms with Crippen molar-refractivity contribution in [3.63, 3.8) is 0 Å². The van der Waals surface area contributed by atoms with Crippen LogP contribution in [0.3, 0.4) is 0 Å². The number of ether oxygens (including phenoxy) is 2. The van der Waals surface area contributed by atoms with Gasteiger partial charge in [-0.05, 0) is 13.8 Å². The fourth-order valence-electron chi connectivity index (χ4n) is 2.38. The molecule has 0 bridgehead atoms. The zero-order chi connectivity index (χ0) is 14.9. The smallest absolute Gasteiger partial charge is 0.304 e. The molecular weight excluding hydrogens is 284 g/mol. The Morgan fingerprint density at radius 2 is 1.45 bits per heavy atom. The molecule has 2 heterocycles. The van der Waals surface area contributed by atoms with E-state index >= 15 is 0 Å². The summed E-state index contributed by atoms with van der Waals surface area (Å²) in [7, 11) is 0. The third kappa shape index (κ3) is 2.87. The Morgan fingerprint density at radius 3 is 1.80 bits per heavy atom. The van der Waals surface area contributed by atoms with E-state index in [0.29, 0.717) is 11.5 Å². The molecule has 2 N–H and O–H groups in total. The number of thiophene rings is 1. The molecule has 0 atom stereocenters. The SMILES string of the molecule is Cc1sc(C)c2c1OCC(CC(=O)O)(CC(=O)O)CO2.